The number of carbonyl (C=O) groups is 1. The fraction of sp³-hybridized carbons (Fsp3) is 0.682. The molecule has 4 rings (SSSR count). The minimum atomic E-state index is 0.122. The fourth-order valence-electron chi connectivity index (χ4n) is 4.14. The molecule has 3 heterocycles. The van der Waals surface area contributed by atoms with Crippen LogP contribution in [0.2, 0.25) is 0 Å². The summed E-state index contributed by atoms with van der Waals surface area (Å²) < 4.78 is 11.0. The van der Waals surface area contributed by atoms with Crippen molar-refractivity contribution in [2.45, 2.75) is 37.4 Å². The lowest BCUT2D eigenvalue weighted by molar-refractivity contribution is -0.116. The van der Waals surface area contributed by atoms with Crippen molar-refractivity contribution in [2.75, 3.05) is 73.5 Å². The van der Waals surface area contributed by atoms with E-state index in [1.54, 1.807) is 0 Å². The number of benzene rings is 1. The largest absolute Gasteiger partial charge is 0.378 e. The number of ether oxygens (including phenoxy) is 2. The van der Waals surface area contributed by atoms with Gasteiger partial charge >= 0.3 is 0 Å². The summed E-state index contributed by atoms with van der Waals surface area (Å²) in [6.07, 6.45) is 5.25. The molecule has 166 valence electrons. The predicted molar refractivity (Wildman–Crippen MR) is 128 cm³/mol. The Kier molecular flexibility index (Phi) is 8.48. The van der Waals surface area contributed by atoms with E-state index in [0.717, 1.165) is 82.1 Å². The summed E-state index contributed by atoms with van der Waals surface area (Å²) in [6, 6.07) is 6.42. The molecule has 8 heteroatoms. The maximum absolute atomic E-state index is 12.6. The Bertz CT molecular complexity index is 688. The summed E-state index contributed by atoms with van der Waals surface area (Å²) in [7, 11) is 4.01. The monoisotopic (exact) mass is 451 g/mol. The summed E-state index contributed by atoms with van der Waals surface area (Å²) in [5.74, 6) is 1.40. The van der Waals surface area contributed by atoms with E-state index >= 15 is 0 Å². The van der Waals surface area contributed by atoms with E-state index in [-0.39, 0.29) is 5.91 Å². The normalized spacial score (nSPS) is 22.3. The number of carbonyl (C=O) groups excluding carboxylic acids is 1. The summed E-state index contributed by atoms with van der Waals surface area (Å²) in [5, 5.41) is 3.98. The molecule has 0 spiro atoms. The average molecular weight is 452 g/mol. The highest BCUT2D eigenvalue weighted by Gasteiger charge is 2.20. The molecule has 30 heavy (non-hydrogen) atoms. The van der Waals surface area contributed by atoms with Gasteiger partial charge in [-0.15, -0.1) is 0 Å². The summed E-state index contributed by atoms with van der Waals surface area (Å²) in [6.45, 7) is 6.52. The first-order chi connectivity index (χ1) is 14.8. The predicted octanol–water partition coefficient (Wildman–Crippen LogP) is 4.01. The van der Waals surface area contributed by atoms with Gasteiger partial charge in [0.15, 0.2) is 0 Å². The molecule has 0 bridgehead atoms. The van der Waals surface area contributed by atoms with E-state index in [0.29, 0.717) is 6.42 Å². The van der Waals surface area contributed by atoms with Gasteiger partial charge in [-0.25, -0.2) is 0 Å². The topological polar surface area (TPSA) is 54.0 Å². The van der Waals surface area contributed by atoms with E-state index in [1.807, 2.05) is 21.6 Å². The number of hydrogen-bond acceptors (Lipinski definition) is 7. The molecule has 0 aromatic heterocycles. The molecule has 0 saturated carbocycles. The van der Waals surface area contributed by atoms with Crippen LogP contribution in [0.15, 0.2) is 18.2 Å². The van der Waals surface area contributed by atoms with E-state index < -0.39 is 0 Å². The van der Waals surface area contributed by atoms with Crippen LogP contribution in [0.3, 0.4) is 0 Å². The zero-order chi connectivity index (χ0) is 20.6. The van der Waals surface area contributed by atoms with Crippen LogP contribution in [0.1, 0.15) is 32.1 Å². The molecule has 3 aliphatic heterocycles. The lowest BCUT2D eigenvalue weighted by atomic mass is 10.1. The van der Waals surface area contributed by atoms with Gasteiger partial charge in [-0.1, -0.05) is 28.0 Å². The standard InChI is InChI=1S/C22H33N3O3S2/c26-22(4-2-1-3-19-7-16-29-30-19)23-20-6-5-18(24-8-12-27-13-9-24)17-21(20)25-10-14-28-15-11-25/h5-6,17,19H,1-4,7-16H2,(H,23,26). The molecule has 1 aromatic rings. The molecule has 3 saturated heterocycles. The first kappa shape index (κ1) is 22.1. The summed E-state index contributed by atoms with van der Waals surface area (Å²) in [5.41, 5.74) is 3.22. The molecule has 0 aliphatic carbocycles. The molecule has 1 atom stereocenters. The molecular formula is C22H33N3O3S2. The van der Waals surface area contributed by atoms with Gasteiger partial charge in [0.05, 0.1) is 37.8 Å². The molecule has 1 unspecified atom stereocenters. The number of morpholine rings is 2. The maximum atomic E-state index is 12.6. The first-order valence-corrected chi connectivity index (χ1v) is 13.6. The third kappa shape index (κ3) is 6.22. The fourth-order valence-corrected chi connectivity index (χ4v) is 7.17. The molecule has 1 amide bonds. The van der Waals surface area contributed by atoms with Crippen molar-refractivity contribution in [1.29, 1.82) is 0 Å². The van der Waals surface area contributed by atoms with E-state index in [9.17, 15) is 4.79 Å². The Labute approximate surface area is 187 Å². The third-order valence-electron chi connectivity index (χ3n) is 5.89. The van der Waals surface area contributed by atoms with Crippen LogP contribution in [0, 0.1) is 0 Å². The number of hydrogen-bond donors (Lipinski definition) is 1. The van der Waals surface area contributed by atoms with Crippen molar-refractivity contribution in [2.24, 2.45) is 0 Å². The number of nitrogens with one attached hydrogen (secondary N) is 1. The molecule has 6 nitrogen and oxygen atoms in total. The number of amides is 1. The van der Waals surface area contributed by atoms with Crippen LogP contribution >= 0.6 is 21.6 Å². The average Bonchev–Trinajstić information content (AvgIpc) is 3.32. The van der Waals surface area contributed by atoms with Crippen LogP contribution in [0.25, 0.3) is 0 Å². The Balaban J connectivity index is 1.37. The number of nitrogens with zero attached hydrogens (tertiary/aromatic N) is 2. The van der Waals surface area contributed by atoms with E-state index in [4.69, 9.17) is 9.47 Å². The van der Waals surface area contributed by atoms with Crippen LogP contribution in [0.4, 0.5) is 17.1 Å². The number of rotatable bonds is 8. The van der Waals surface area contributed by atoms with E-state index in [2.05, 4.69) is 33.3 Å². The molecule has 3 fully saturated rings. The van der Waals surface area contributed by atoms with Crippen LogP contribution < -0.4 is 15.1 Å². The SMILES string of the molecule is O=C(CCCCC1CCSS1)Nc1ccc(N2CCOCC2)cc1N1CCOCC1. The van der Waals surface area contributed by atoms with Crippen LogP contribution in [0.5, 0.6) is 0 Å². The molecular weight excluding hydrogens is 418 g/mol. The van der Waals surface area contributed by atoms with Gasteiger partial charge in [0, 0.05) is 49.3 Å². The number of unbranched alkanes of at least 4 members (excludes halogenated alkanes) is 1. The summed E-state index contributed by atoms with van der Waals surface area (Å²) >= 11 is 0. The van der Waals surface area contributed by atoms with Crippen molar-refractivity contribution in [3.63, 3.8) is 0 Å². The first-order valence-electron chi connectivity index (χ1n) is 11.2. The minimum Gasteiger partial charge on any atom is -0.378 e. The second-order valence-corrected chi connectivity index (χ2v) is 10.8. The van der Waals surface area contributed by atoms with Crippen molar-refractivity contribution in [3.05, 3.63) is 18.2 Å². The van der Waals surface area contributed by atoms with Gasteiger partial charge in [0.1, 0.15) is 0 Å². The van der Waals surface area contributed by atoms with Gasteiger partial charge < -0.3 is 24.6 Å². The van der Waals surface area contributed by atoms with Gasteiger partial charge in [-0.2, -0.15) is 0 Å². The van der Waals surface area contributed by atoms with Crippen molar-refractivity contribution < 1.29 is 14.3 Å². The molecule has 0 radical (unpaired) electrons. The molecule has 1 N–H and O–H groups in total. The Morgan fingerprint density at radius 2 is 1.77 bits per heavy atom. The van der Waals surface area contributed by atoms with Gasteiger partial charge in [0.2, 0.25) is 5.91 Å². The lowest BCUT2D eigenvalue weighted by Crippen LogP contribution is -2.38. The van der Waals surface area contributed by atoms with Gasteiger partial charge in [-0.05, 0) is 37.5 Å². The highest BCUT2D eigenvalue weighted by atomic mass is 33.1. The highest BCUT2D eigenvalue weighted by Crippen LogP contribution is 2.40. The Morgan fingerprint density at radius 3 is 2.47 bits per heavy atom. The minimum absolute atomic E-state index is 0.122. The summed E-state index contributed by atoms with van der Waals surface area (Å²) in [4.78, 5) is 17.3. The Morgan fingerprint density at radius 1 is 1.03 bits per heavy atom. The van der Waals surface area contributed by atoms with Crippen LogP contribution in [-0.4, -0.2) is 69.5 Å². The second-order valence-electron chi connectivity index (χ2n) is 8.02. The quantitative estimate of drug-likeness (QED) is 0.473. The third-order valence-corrected chi connectivity index (χ3v) is 8.90. The smallest absolute Gasteiger partial charge is 0.224 e. The lowest BCUT2D eigenvalue weighted by Gasteiger charge is -2.33. The second kappa shape index (κ2) is 11.5. The van der Waals surface area contributed by atoms with Gasteiger partial charge in [0.25, 0.3) is 0 Å². The number of anilines is 3. The highest BCUT2D eigenvalue weighted by molar-refractivity contribution is 8.77. The van der Waals surface area contributed by atoms with Crippen LogP contribution in [-0.2, 0) is 14.3 Å². The van der Waals surface area contributed by atoms with Crippen molar-refractivity contribution in [1.82, 2.24) is 0 Å². The van der Waals surface area contributed by atoms with Gasteiger partial charge in [-0.3, -0.25) is 4.79 Å². The van der Waals surface area contributed by atoms with Crippen molar-refractivity contribution in [3.8, 4) is 0 Å². The molecule has 3 aliphatic rings. The Hall–Kier alpha value is -1.09. The zero-order valence-corrected chi connectivity index (χ0v) is 19.3. The zero-order valence-electron chi connectivity index (χ0n) is 17.6. The van der Waals surface area contributed by atoms with E-state index in [1.165, 1.54) is 24.3 Å². The van der Waals surface area contributed by atoms with Crippen molar-refractivity contribution >= 4 is 44.6 Å². The molecule has 1 aromatic carbocycles. The maximum Gasteiger partial charge on any atom is 0.224 e.